The van der Waals surface area contributed by atoms with Gasteiger partial charge in [-0.1, -0.05) is 36.8 Å². The number of hydrogen-bond acceptors (Lipinski definition) is 5. The number of carbonyl (C=O) groups is 1. The third kappa shape index (κ3) is 4.86. The lowest BCUT2D eigenvalue weighted by Gasteiger charge is -2.26. The Kier molecular flexibility index (Phi) is 6.61. The monoisotopic (exact) mass is 457 g/mol. The molecule has 1 aromatic heterocycles. The van der Waals surface area contributed by atoms with Crippen LogP contribution < -0.4 is 5.32 Å². The highest BCUT2D eigenvalue weighted by molar-refractivity contribution is 7.89. The number of carbonyl (C=O) groups excluding carboxylic acids is 1. The molecule has 1 aliphatic rings. The Hall–Kier alpha value is -3.11. The van der Waals surface area contributed by atoms with Crippen LogP contribution in [0.25, 0.3) is 0 Å². The predicted octanol–water partition coefficient (Wildman–Crippen LogP) is 2.76. The van der Waals surface area contributed by atoms with Gasteiger partial charge in [0.2, 0.25) is 10.0 Å². The fraction of sp³-hybridized carbons (Fsp3) is 0.318. The van der Waals surface area contributed by atoms with Gasteiger partial charge < -0.3 is 5.32 Å². The Morgan fingerprint density at radius 1 is 1.09 bits per heavy atom. The van der Waals surface area contributed by atoms with E-state index in [0.29, 0.717) is 19.6 Å². The first-order valence-corrected chi connectivity index (χ1v) is 11.9. The van der Waals surface area contributed by atoms with Gasteiger partial charge in [0.15, 0.2) is 0 Å². The second-order valence-corrected chi connectivity index (χ2v) is 9.57. The van der Waals surface area contributed by atoms with E-state index in [1.165, 1.54) is 16.7 Å². The van der Waals surface area contributed by atoms with Crippen molar-refractivity contribution in [3.05, 3.63) is 78.1 Å². The SMILES string of the molecule is O=C(NC(Cn1cncn1)c1ccccc1)c1ccc(F)c(S(=O)(=O)N2CCCCC2)c1. The summed E-state index contributed by atoms with van der Waals surface area (Å²) in [5.74, 6) is -1.37. The van der Waals surface area contributed by atoms with Gasteiger partial charge in [-0.05, 0) is 36.6 Å². The van der Waals surface area contributed by atoms with Crippen molar-refractivity contribution >= 4 is 15.9 Å². The van der Waals surface area contributed by atoms with Crippen LogP contribution in [-0.2, 0) is 16.6 Å². The molecule has 2 heterocycles. The lowest BCUT2D eigenvalue weighted by Crippen LogP contribution is -2.36. The summed E-state index contributed by atoms with van der Waals surface area (Å²) in [6.07, 6.45) is 5.37. The van der Waals surface area contributed by atoms with E-state index in [1.54, 1.807) is 11.0 Å². The molecule has 3 aromatic rings. The van der Waals surface area contributed by atoms with E-state index < -0.39 is 32.7 Å². The third-order valence-electron chi connectivity index (χ3n) is 5.47. The molecule has 1 amide bonds. The smallest absolute Gasteiger partial charge is 0.251 e. The first-order chi connectivity index (χ1) is 15.4. The van der Waals surface area contributed by atoms with E-state index in [-0.39, 0.29) is 5.56 Å². The summed E-state index contributed by atoms with van der Waals surface area (Å²) in [5.41, 5.74) is 0.918. The minimum Gasteiger partial charge on any atom is -0.343 e. The number of sulfonamides is 1. The highest BCUT2D eigenvalue weighted by Gasteiger charge is 2.29. The van der Waals surface area contributed by atoms with Crippen LogP contribution in [0.15, 0.2) is 66.1 Å². The van der Waals surface area contributed by atoms with Crippen molar-refractivity contribution in [2.75, 3.05) is 13.1 Å². The van der Waals surface area contributed by atoms with Crippen molar-refractivity contribution in [1.82, 2.24) is 24.4 Å². The number of halogens is 1. The third-order valence-corrected chi connectivity index (χ3v) is 7.38. The van der Waals surface area contributed by atoms with Gasteiger partial charge in [0.05, 0.1) is 12.6 Å². The van der Waals surface area contributed by atoms with Crippen LogP contribution in [0, 0.1) is 5.82 Å². The Morgan fingerprint density at radius 3 is 2.53 bits per heavy atom. The van der Waals surface area contributed by atoms with Crippen LogP contribution in [0.2, 0.25) is 0 Å². The second kappa shape index (κ2) is 9.58. The zero-order valence-corrected chi connectivity index (χ0v) is 18.2. The number of aromatic nitrogens is 3. The van der Waals surface area contributed by atoms with Gasteiger partial charge in [0.1, 0.15) is 23.4 Å². The summed E-state index contributed by atoms with van der Waals surface area (Å²) in [7, 11) is -4.01. The van der Waals surface area contributed by atoms with Crippen LogP contribution in [-0.4, -0.2) is 46.5 Å². The van der Waals surface area contributed by atoms with Crippen molar-refractivity contribution in [3.63, 3.8) is 0 Å². The zero-order chi connectivity index (χ0) is 22.6. The molecule has 168 valence electrons. The summed E-state index contributed by atoms with van der Waals surface area (Å²) >= 11 is 0. The molecule has 1 N–H and O–H groups in total. The van der Waals surface area contributed by atoms with Gasteiger partial charge in [-0.2, -0.15) is 9.40 Å². The molecule has 2 aromatic carbocycles. The van der Waals surface area contributed by atoms with Gasteiger partial charge >= 0.3 is 0 Å². The summed E-state index contributed by atoms with van der Waals surface area (Å²) in [5, 5.41) is 7.00. The first-order valence-electron chi connectivity index (χ1n) is 10.4. The lowest BCUT2D eigenvalue weighted by atomic mass is 10.1. The molecule has 0 saturated carbocycles. The summed E-state index contributed by atoms with van der Waals surface area (Å²) in [6.45, 7) is 1.04. The number of rotatable bonds is 7. The van der Waals surface area contributed by atoms with Gasteiger partial charge in [0, 0.05) is 18.7 Å². The molecule has 1 fully saturated rings. The van der Waals surface area contributed by atoms with Crippen LogP contribution in [0.4, 0.5) is 4.39 Å². The number of nitrogens with one attached hydrogen (secondary N) is 1. The normalized spacial score (nSPS) is 15.9. The summed E-state index contributed by atoms with van der Waals surface area (Å²) in [4.78, 5) is 16.5. The average Bonchev–Trinajstić information content (AvgIpc) is 3.33. The minimum atomic E-state index is -4.01. The molecule has 0 spiro atoms. The Morgan fingerprint density at radius 2 is 1.84 bits per heavy atom. The van der Waals surface area contributed by atoms with E-state index in [9.17, 15) is 17.6 Å². The second-order valence-electron chi connectivity index (χ2n) is 7.66. The van der Waals surface area contributed by atoms with Crippen LogP contribution >= 0.6 is 0 Å². The Bertz CT molecular complexity index is 1160. The molecule has 8 nitrogen and oxygen atoms in total. The number of benzene rings is 2. The fourth-order valence-corrected chi connectivity index (χ4v) is 5.37. The van der Waals surface area contributed by atoms with Crippen LogP contribution in [0.5, 0.6) is 0 Å². The molecular weight excluding hydrogens is 433 g/mol. The first kappa shape index (κ1) is 22.1. The lowest BCUT2D eigenvalue weighted by molar-refractivity contribution is 0.0931. The fourth-order valence-electron chi connectivity index (χ4n) is 3.76. The average molecular weight is 458 g/mol. The number of nitrogens with zero attached hydrogens (tertiary/aromatic N) is 4. The predicted molar refractivity (Wildman–Crippen MR) is 116 cm³/mol. The largest absolute Gasteiger partial charge is 0.343 e. The number of hydrogen-bond donors (Lipinski definition) is 1. The molecule has 0 bridgehead atoms. The molecule has 1 saturated heterocycles. The summed E-state index contributed by atoms with van der Waals surface area (Å²) < 4.78 is 43.3. The molecule has 1 aliphatic heterocycles. The van der Waals surface area contributed by atoms with E-state index in [2.05, 4.69) is 15.4 Å². The maximum absolute atomic E-state index is 14.5. The van der Waals surface area contributed by atoms with Gasteiger partial charge in [-0.25, -0.2) is 17.8 Å². The van der Waals surface area contributed by atoms with E-state index in [0.717, 1.165) is 37.0 Å². The Balaban J connectivity index is 1.60. The standard InChI is InChI=1S/C22H24FN5O3S/c23-19-10-9-18(13-21(19)32(30,31)28-11-5-2-6-12-28)22(29)26-20(14-27-16-24-15-25-27)17-7-3-1-4-8-17/h1,3-4,7-10,13,15-16,20H,2,5-6,11-12,14H2,(H,26,29). The van der Waals surface area contributed by atoms with Crippen LogP contribution in [0.1, 0.15) is 41.2 Å². The number of amides is 1. The summed E-state index contributed by atoms with van der Waals surface area (Å²) in [6, 6.07) is 12.3. The van der Waals surface area contributed by atoms with Gasteiger partial charge in [0.25, 0.3) is 5.91 Å². The highest BCUT2D eigenvalue weighted by atomic mass is 32.2. The quantitative estimate of drug-likeness (QED) is 0.588. The Labute approximate surface area is 186 Å². The topological polar surface area (TPSA) is 97.2 Å². The van der Waals surface area contributed by atoms with E-state index >= 15 is 0 Å². The molecule has 10 heteroatoms. The molecule has 0 aliphatic carbocycles. The molecule has 0 radical (unpaired) electrons. The van der Waals surface area contributed by atoms with Crippen molar-refractivity contribution in [2.45, 2.75) is 36.7 Å². The molecule has 1 unspecified atom stereocenters. The van der Waals surface area contributed by atoms with Gasteiger partial charge in [-0.15, -0.1) is 0 Å². The maximum Gasteiger partial charge on any atom is 0.251 e. The van der Waals surface area contributed by atoms with E-state index in [4.69, 9.17) is 0 Å². The maximum atomic E-state index is 14.5. The molecule has 1 atom stereocenters. The highest BCUT2D eigenvalue weighted by Crippen LogP contribution is 2.24. The van der Waals surface area contributed by atoms with Crippen molar-refractivity contribution in [2.24, 2.45) is 0 Å². The van der Waals surface area contributed by atoms with Crippen molar-refractivity contribution < 1.29 is 17.6 Å². The zero-order valence-electron chi connectivity index (χ0n) is 17.4. The van der Waals surface area contributed by atoms with Crippen molar-refractivity contribution in [1.29, 1.82) is 0 Å². The van der Waals surface area contributed by atoms with Crippen molar-refractivity contribution in [3.8, 4) is 0 Å². The van der Waals surface area contributed by atoms with E-state index in [1.807, 2.05) is 30.3 Å². The molecular formula is C22H24FN5O3S. The number of piperidine rings is 1. The van der Waals surface area contributed by atoms with Gasteiger partial charge in [-0.3, -0.25) is 9.48 Å². The van der Waals surface area contributed by atoms with Crippen LogP contribution in [0.3, 0.4) is 0 Å². The molecule has 32 heavy (non-hydrogen) atoms. The molecule has 4 rings (SSSR count). The minimum absolute atomic E-state index is 0.0708.